The van der Waals surface area contributed by atoms with E-state index in [0.717, 1.165) is 6.42 Å². The van der Waals surface area contributed by atoms with Crippen molar-refractivity contribution in [3.8, 4) is 6.07 Å². The lowest BCUT2D eigenvalue weighted by Crippen LogP contribution is -2.04. The summed E-state index contributed by atoms with van der Waals surface area (Å²) in [5.41, 5.74) is 8.54. The van der Waals surface area contributed by atoms with Gasteiger partial charge in [-0.1, -0.05) is 24.3 Å². The van der Waals surface area contributed by atoms with Crippen LogP contribution in [0, 0.1) is 11.3 Å². The first-order valence-corrected chi connectivity index (χ1v) is 6.20. The Kier molecular flexibility index (Phi) is 4.49. The predicted molar refractivity (Wildman–Crippen MR) is 75.5 cm³/mol. The summed E-state index contributed by atoms with van der Waals surface area (Å²) in [7, 11) is 0. The molecule has 0 aliphatic heterocycles. The minimum Gasteiger partial charge on any atom is -0.366 e. The molecule has 4 heteroatoms. The minimum atomic E-state index is 0.607. The summed E-state index contributed by atoms with van der Waals surface area (Å²) in [5, 5.41) is 12.0. The Labute approximate surface area is 112 Å². The molecule has 2 rings (SSSR count). The molecule has 0 aliphatic rings. The third kappa shape index (κ3) is 3.80. The molecule has 1 aromatic carbocycles. The number of nitrogens with zero attached hydrogens (tertiary/aromatic N) is 2. The first kappa shape index (κ1) is 13.1. The van der Waals surface area contributed by atoms with Gasteiger partial charge in [0.25, 0.3) is 0 Å². The van der Waals surface area contributed by atoms with E-state index in [2.05, 4.69) is 40.6 Å². The molecule has 2 aromatic rings. The Morgan fingerprint density at radius 2 is 1.89 bits per heavy atom. The largest absolute Gasteiger partial charge is 0.366 e. The van der Waals surface area contributed by atoms with Gasteiger partial charge in [-0.2, -0.15) is 5.26 Å². The van der Waals surface area contributed by atoms with Crippen molar-refractivity contribution in [2.24, 2.45) is 5.73 Å². The highest BCUT2D eigenvalue weighted by Crippen LogP contribution is 2.09. The van der Waals surface area contributed by atoms with Crippen LogP contribution in [0.15, 0.2) is 42.6 Å². The van der Waals surface area contributed by atoms with Gasteiger partial charge in [0.15, 0.2) is 0 Å². The quantitative estimate of drug-likeness (QED) is 0.854. The van der Waals surface area contributed by atoms with Crippen molar-refractivity contribution in [3.05, 3.63) is 59.3 Å². The molecular weight excluding hydrogens is 236 g/mol. The third-order valence-electron chi connectivity index (χ3n) is 2.82. The summed E-state index contributed by atoms with van der Waals surface area (Å²) in [6.07, 6.45) is 2.53. The third-order valence-corrected chi connectivity index (χ3v) is 2.82. The number of aromatic nitrogens is 1. The first-order chi connectivity index (χ1) is 9.31. The molecule has 0 unspecified atom stereocenters. The number of nitriles is 1. The van der Waals surface area contributed by atoms with Crippen LogP contribution in [0.5, 0.6) is 0 Å². The number of nitrogens with two attached hydrogens (primary N) is 1. The number of nitrogens with one attached hydrogen (secondary N) is 1. The highest BCUT2D eigenvalue weighted by atomic mass is 15.0. The first-order valence-electron chi connectivity index (χ1n) is 6.20. The highest BCUT2D eigenvalue weighted by Gasteiger charge is 1.98. The summed E-state index contributed by atoms with van der Waals surface area (Å²) >= 11 is 0. The van der Waals surface area contributed by atoms with Crippen molar-refractivity contribution >= 4 is 5.82 Å². The molecule has 1 aromatic heterocycles. The number of hydrogen-bond acceptors (Lipinski definition) is 4. The number of hydrogen-bond donors (Lipinski definition) is 2. The molecule has 4 nitrogen and oxygen atoms in total. The number of anilines is 1. The fourth-order valence-corrected chi connectivity index (χ4v) is 1.78. The fraction of sp³-hybridized carbons (Fsp3) is 0.200. The van der Waals surface area contributed by atoms with Crippen molar-refractivity contribution in [1.82, 2.24) is 4.98 Å². The standard InChI is InChI=1S/C15H16N4/c16-7-5-12-1-3-13(4-2-12)11-19-15-9-14(10-17)6-8-18-15/h1-4,6,8-9H,5,7,11,16H2,(H,18,19). The Bertz CT molecular complexity index is 569. The lowest BCUT2D eigenvalue weighted by atomic mass is 10.1. The van der Waals surface area contributed by atoms with Crippen LogP contribution in [0.3, 0.4) is 0 Å². The van der Waals surface area contributed by atoms with E-state index in [-0.39, 0.29) is 0 Å². The zero-order valence-electron chi connectivity index (χ0n) is 10.6. The molecule has 0 spiro atoms. The summed E-state index contributed by atoms with van der Waals surface area (Å²) in [4.78, 5) is 4.17. The highest BCUT2D eigenvalue weighted by molar-refractivity contribution is 5.42. The van der Waals surface area contributed by atoms with Crippen molar-refractivity contribution in [1.29, 1.82) is 5.26 Å². The van der Waals surface area contributed by atoms with Crippen molar-refractivity contribution < 1.29 is 0 Å². The van der Waals surface area contributed by atoms with Crippen molar-refractivity contribution in [2.75, 3.05) is 11.9 Å². The van der Waals surface area contributed by atoms with E-state index in [0.29, 0.717) is 24.5 Å². The molecule has 0 aliphatic carbocycles. The van der Waals surface area contributed by atoms with Gasteiger partial charge in [0.1, 0.15) is 5.82 Å². The Balaban J connectivity index is 1.96. The molecule has 0 amide bonds. The van der Waals surface area contributed by atoms with E-state index in [9.17, 15) is 0 Å². The molecule has 0 bridgehead atoms. The summed E-state index contributed by atoms with van der Waals surface area (Å²) in [5.74, 6) is 0.713. The van der Waals surface area contributed by atoms with Crippen LogP contribution in [-0.4, -0.2) is 11.5 Å². The lowest BCUT2D eigenvalue weighted by Gasteiger charge is -2.06. The molecule has 3 N–H and O–H groups in total. The Morgan fingerprint density at radius 3 is 2.58 bits per heavy atom. The second-order valence-electron chi connectivity index (χ2n) is 4.25. The molecule has 0 saturated carbocycles. The Hall–Kier alpha value is -2.38. The summed E-state index contributed by atoms with van der Waals surface area (Å²) in [6, 6.07) is 13.8. The van der Waals surface area contributed by atoms with Crippen LogP contribution in [0.2, 0.25) is 0 Å². The maximum absolute atomic E-state index is 8.81. The molecule has 0 fully saturated rings. The number of pyridine rings is 1. The van der Waals surface area contributed by atoms with Crippen LogP contribution in [0.1, 0.15) is 16.7 Å². The van der Waals surface area contributed by atoms with E-state index in [1.807, 2.05) is 0 Å². The maximum Gasteiger partial charge on any atom is 0.127 e. The average Bonchev–Trinajstić information content (AvgIpc) is 2.47. The van der Waals surface area contributed by atoms with Crippen LogP contribution in [0.25, 0.3) is 0 Å². The van der Waals surface area contributed by atoms with Gasteiger partial charge >= 0.3 is 0 Å². The number of rotatable bonds is 5. The van der Waals surface area contributed by atoms with E-state index in [1.165, 1.54) is 11.1 Å². The molecule has 96 valence electrons. The molecule has 0 saturated heterocycles. The molecule has 0 atom stereocenters. The van der Waals surface area contributed by atoms with Gasteiger partial charge in [-0.3, -0.25) is 0 Å². The van der Waals surface area contributed by atoms with Gasteiger partial charge < -0.3 is 11.1 Å². The maximum atomic E-state index is 8.81. The van der Waals surface area contributed by atoms with Crippen LogP contribution < -0.4 is 11.1 Å². The van der Waals surface area contributed by atoms with Gasteiger partial charge in [0.2, 0.25) is 0 Å². The average molecular weight is 252 g/mol. The van der Waals surface area contributed by atoms with Crippen LogP contribution in [-0.2, 0) is 13.0 Å². The minimum absolute atomic E-state index is 0.607. The zero-order chi connectivity index (χ0) is 13.5. The molecule has 19 heavy (non-hydrogen) atoms. The Morgan fingerprint density at radius 1 is 1.16 bits per heavy atom. The topological polar surface area (TPSA) is 74.7 Å². The van der Waals surface area contributed by atoms with Crippen LogP contribution in [0.4, 0.5) is 5.82 Å². The van der Waals surface area contributed by atoms with E-state index in [1.54, 1.807) is 18.3 Å². The van der Waals surface area contributed by atoms with E-state index < -0.39 is 0 Å². The second kappa shape index (κ2) is 6.53. The molecule has 1 heterocycles. The van der Waals surface area contributed by atoms with Crippen LogP contribution >= 0.6 is 0 Å². The van der Waals surface area contributed by atoms with Gasteiger partial charge in [-0.05, 0) is 36.2 Å². The van der Waals surface area contributed by atoms with Crippen molar-refractivity contribution in [2.45, 2.75) is 13.0 Å². The number of benzene rings is 1. The SMILES string of the molecule is N#Cc1ccnc(NCc2ccc(CCN)cc2)c1. The van der Waals surface area contributed by atoms with Gasteiger partial charge in [0.05, 0.1) is 11.6 Å². The fourth-order valence-electron chi connectivity index (χ4n) is 1.78. The summed E-state index contributed by atoms with van der Waals surface area (Å²) < 4.78 is 0. The van der Waals surface area contributed by atoms with Gasteiger partial charge in [-0.25, -0.2) is 4.98 Å². The van der Waals surface area contributed by atoms with E-state index in [4.69, 9.17) is 11.0 Å². The smallest absolute Gasteiger partial charge is 0.127 e. The zero-order valence-corrected chi connectivity index (χ0v) is 10.6. The van der Waals surface area contributed by atoms with Crippen molar-refractivity contribution in [3.63, 3.8) is 0 Å². The van der Waals surface area contributed by atoms with Gasteiger partial charge in [-0.15, -0.1) is 0 Å². The second-order valence-corrected chi connectivity index (χ2v) is 4.25. The summed E-state index contributed by atoms with van der Waals surface area (Å²) in [6.45, 7) is 1.35. The van der Waals surface area contributed by atoms with Gasteiger partial charge in [0, 0.05) is 12.7 Å². The normalized spacial score (nSPS) is 9.89. The predicted octanol–water partition coefficient (Wildman–Crippen LogP) is 2.07. The van der Waals surface area contributed by atoms with E-state index >= 15 is 0 Å². The lowest BCUT2D eigenvalue weighted by molar-refractivity contribution is 0.965. The molecular formula is C15H16N4. The molecule has 0 radical (unpaired) electrons. The monoisotopic (exact) mass is 252 g/mol.